The van der Waals surface area contributed by atoms with Crippen molar-refractivity contribution >= 4 is 28.2 Å². The Morgan fingerprint density at radius 3 is 2.54 bits per heavy atom. The Labute approximate surface area is 162 Å². The van der Waals surface area contributed by atoms with Gasteiger partial charge in [0.15, 0.2) is 9.84 Å². The minimum Gasteiger partial charge on any atom is -0.384 e. The van der Waals surface area contributed by atoms with Crippen LogP contribution in [0.3, 0.4) is 0 Å². The molecule has 2 N–H and O–H groups in total. The molecule has 1 aliphatic rings. The van der Waals surface area contributed by atoms with Gasteiger partial charge in [0.1, 0.15) is 0 Å². The van der Waals surface area contributed by atoms with E-state index in [1.807, 2.05) is 6.92 Å². The molecule has 6 nitrogen and oxygen atoms in total. The van der Waals surface area contributed by atoms with Crippen molar-refractivity contribution in [2.75, 3.05) is 39.1 Å². The molecule has 1 fully saturated rings. The topological polar surface area (TPSA) is 84.5 Å². The number of hydrogen-bond acceptors (Lipinski definition) is 5. The van der Waals surface area contributed by atoms with Gasteiger partial charge in [-0.25, -0.2) is 8.42 Å². The number of ether oxygens (including phenoxy) is 1. The summed E-state index contributed by atoms with van der Waals surface area (Å²) in [6.45, 7) is 4.64. The second kappa shape index (κ2) is 10.3. The Bertz CT molecular complexity index is 683. The molecule has 1 aliphatic heterocycles. The molecule has 1 amide bonds. The third-order valence-corrected chi connectivity index (χ3v) is 6.65. The molecule has 26 heavy (non-hydrogen) atoms. The lowest BCUT2D eigenvalue weighted by molar-refractivity contribution is 0.0511. The van der Waals surface area contributed by atoms with E-state index in [1.165, 1.54) is 6.07 Å². The Balaban J connectivity index is 0.00000338. The van der Waals surface area contributed by atoms with E-state index in [9.17, 15) is 13.2 Å². The van der Waals surface area contributed by atoms with Crippen LogP contribution in [-0.2, 0) is 14.6 Å². The zero-order valence-electron chi connectivity index (χ0n) is 15.4. The molecule has 0 spiro atoms. The standard InChI is InChI=1S/C18H28N2O4S.ClH/c1-3-12-25(22,23)16-7-5-4-6-15(16)17(21)20-13-18(14-24-2)8-10-19-11-9-18;/h4-7,19H,3,8-14H2,1-2H3,(H,20,21);1H. The first-order valence-electron chi connectivity index (χ1n) is 8.74. The molecule has 148 valence electrons. The number of halogens is 1. The van der Waals surface area contributed by atoms with Gasteiger partial charge in [0.05, 0.1) is 22.8 Å². The van der Waals surface area contributed by atoms with E-state index in [1.54, 1.807) is 25.3 Å². The second-order valence-electron chi connectivity index (χ2n) is 6.68. The van der Waals surface area contributed by atoms with Crippen molar-refractivity contribution in [2.45, 2.75) is 31.1 Å². The monoisotopic (exact) mass is 404 g/mol. The molecule has 0 aliphatic carbocycles. The van der Waals surface area contributed by atoms with E-state index >= 15 is 0 Å². The van der Waals surface area contributed by atoms with Crippen LogP contribution in [0.15, 0.2) is 29.2 Å². The van der Waals surface area contributed by atoms with Crippen molar-refractivity contribution in [3.05, 3.63) is 29.8 Å². The lowest BCUT2D eigenvalue weighted by Crippen LogP contribution is -2.47. The van der Waals surface area contributed by atoms with Gasteiger partial charge in [-0.3, -0.25) is 4.79 Å². The lowest BCUT2D eigenvalue weighted by Gasteiger charge is -2.37. The first-order chi connectivity index (χ1) is 11.9. The van der Waals surface area contributed by atoms with Crippen LogP contribution in [0, 0.1) is 5.41 Å². The lowest BCUT2D eigenvalue weighted by atomic mass is 9.79. The fourth-order valence-electron chi connectivity index (χ4n) is 3.30. The van der Waals surface area contributed by atoms with Gasteiger partial charge in [-0.15, -0.1) is 12.4 Å². The van der Waals surface area contributed by atoms with Crippen molar-refractivity contribution in [1.29, 1.82) is 0 Å². The minimum atomic E-state index is -3.45. The first-order valence-corrected chi connectivity index (χ1v) is 10.4. The van der Waals surface area contributed by atoms with Crippen molar-refractivity contribution in [3.8, 4) is 0 Å². The van der Waals surface area contributed by atoms with Crippen molar-refractivity contribution in [1.82, 2.24) is 10.6 Å². The van der Waals surface area contributed by atoms with Crippen LogP contribution < -0.4 is 10.6 Å². The van der Waals surface area contributed by atoms with Crippen molar-refractivity contribution < 1.29 is 17.9 Å². The van der Waals surface area contributed by atoms with Crippen LogP contribution in [0.25, 0.3) is 0 Å². The zero-order valence-corrected chi connectivity index (χ0v) is 17.0. The summed E-state index contributed by atoms with van der Waals surface area (Å²) >= 11 is 0. The van der Waals surface area contributed by atoms with Crippen LogP contribution >= 0.6 is 12.4 Å². The molecule has 1 aromatic carbocycles. The number of hydrogen-bond donors (Lipinski definition) is 2. The van der Waals surface area contributed by atoms with Gasteiger partial charge in [0, 0.05) is 19.1 Å². The van der Waals surface area contributed by atoms with Crippen molar-refractivity contribution in [2.24, 2.45) is 5.41 Å². The molecule has 0 unspecified atom stereocenters. The SMILES string of the molecule is CCCS(=O)(=O)c1ccccc1C(=O)NCC1(COC)CCNCC1.Cl. The van der Waals surface area contributed by atoms with Crippen LogP contribution in [0.4, 0.5) is 0 Å². The number of sulfone groups is 1. The van der Waals surface area contributed by atoms with Crippen LogP contribution in [0.2, 0.25) is 0 Å². The number of rotatable bonds is 8. The summed E-state index contributed by atoms with van der Waals surface area (Å²) < 4.78 is 30.2. The molecule has 1 saturated heterocycles. The number of nitrogens with one attached hydrogen (secondary N) is 2. The Hall–Kier alpha value is -1.15. The van der Waals surface area contributed by atoms with Crippen LogP contribution in [0.5, 0.6) is 0 Å². The fraction of sp³-hybridized carbons (Fsp3) is 0.611. The van der Waals surface area contributed by atoms with Gasteiger partial charge in [-0.05, 0) is 44.5 Å². The summed E-state index contributed by atoms with van der Waals surface area (Å²) in [4.78, 5) is 12.8. The highest BCUT2D eigenvalue weighted by Crippen LogP contribution is 2.28. The third kappa shape index (κ3) is 5.67. The van der Waals surface area contributed by atoms with E-state index in [2.05, 4.69) is 10.6 Å². The average Bonchev–Trinajstić information content (AvgIpc) is 2.61. The van der Waals surface area contributed by atoms with Gasteiger partial charge in [0.25, 0.3) is 5.91 Å². The number of carbonyl (C=O) groups excluding carboxylic acids is 1. The van der Waals surface area contributed by atoms with Crippen LogP contribution in [-0.4, -0.2) is 53.4 Å². The van der Waals surface area contributed by atoms with Crippen LogP contribution in [0.1, 0.15) is 36.5 Å². The van der Waals surface area contributed by atoms with E-state index in [-0.39, 0.29) is 39.9 Å². The number of piperidine rings is 1. The predicted octanol–water partition coefficient (Wildman–Crippen LogP) is 2.04. The van der Waals surface area contributed by atoms with Gasteiger partial charge in [-0.1, -0.05) is 19.1 Å². The smallest absolute Gasteiger partial charge is 0.252 e. The maximum absolute atomic E-state index is 12.7. The zero-order chi connectivity index (χ0) is 18.3. The van der Waals surface area contributed by atoms with Gasteiger partial charge >= 0.3 is 0 Å². The van der Waals surface area contributed by atoms with E-state index in [0.717, 1.165) is 25.9 Å². The molecule has 0 aromatic heterocycles. The Kier molecular flexibility index (Phi) is 9.03. The summed E-state index contributed by atoms with van der Waals surface area (Å²) in [5, 5.41) is 6.25. The summed E-state index contributed by atoms with van der Waals surface area (Å²) in [5.41, 5.74) is 0.116. The molecule has 0 atom stereocenters. The quantitative estimate of drug-likeness (QED) is 0.692. The molecule has 0 radical (unpaired) electrons. The Morgan fingerprint density at radius 1 is 1.27 bits per heavy atom. The normalized spacial score (nSPS) is 16.5. The summed E-state index contributed by atoms with van der Waals surface area (Å²) in [7, 11) is -1.79. The van der Waals surface area contributed by atoms with E-state index in [0.29, 0.717) is 19.6 Å². The number of benzene rings is 1. The molecule has 1 aromatic rings. The van der Waals surface area contributed by atoms with Gasteiger partial charge < -0.3 is 15.4 Å². The third-order valence-electron chi connectivity index (χ3n) is 4.68. The highest BCUT2D eigenvalue weighted by Gasteiger charge is 2.33. The molecular formula is C18H29ClN2O4S. The molecular weight excluding hydrogens is 376 g/mol. The molecule has 2 rings (SSSR count). The maximum Gasteiger partial charge on any atom is 0.252 e. The van der Waals surface area contributed by atoms with E-state index in [4.69, 9.17) is 4.74 Å². The maximum atomic E-state index is 12.7. The number of methoxy groups -OCH3 is 1. The van der Waals surface area contributed by atoms with Gasteiger partial charge in [-0.2, -0.15) is 0 Å². The summed E-state index contributed by atoms with van der Waals surface area (Å²) in [6.07, 6.45) is 2.34. The summed E-state index contributed by atoms with van der Waals surface area (Å²) in [6, 6.07) is 6.42. The van der Waals surface area contributed by atoms with Crippen molar-refractivity contribution in [3.63, 3.8) is 0 Å². The molecule has 1 heterocycles. The first kappa shape index (κ1) is 22.9. The van der Waals surface area contributed by atoms with E-state index < -0.39 is 9.84 Å². The Morgan fingerprint density at radius 2 is 1.92 bits per heavy atom. The second-order valence-corrected chi connectivity index (χ2v) is 8.76. The highest BCUT2D eigenvalue weighted by molar-refractivity contribution is 7.91. The highest BCUT2D eigenvalue weighted by atomic mass is 35.5. The number of carbonyl (C=O) groups is 1. The predicted molar refractivity (Wildman–Crippen MR) is 105 cm³/mol. The summed E-state index contributed by atoms with van der Waals surface area (Å²) in [5.74, 6) is -0.305. The molecule has 0 bridgehead atoms. The minimum absolute atomic E-state index is 0. The largest absolute Gasteiger partial charge is 0.384 e. The van der Waals surface area contributed by atoms with Gasteiger partial charge in [0.2, 0.25) is 0 Å². The molecule has 0 saturated carbocycles. The molecule has 8 heteroatoms. The average molecular weight is 405 g/mol. The number of amides is 1. The fourth-order valence-corrected chi connectivity index (χ4v) is 4.84.